The second kappa shape index (κ2) is 8.82. The molecular weight excluding hydrogens is 302 g/mol. The minimum atomic E-state index is 0.0329. The van der Waals surface area contributed by atoms with E-state index >= 15 is 0 Å². The molecule has 0 unspecified atom stereocenters. The number of anilines is 1. The van der Waals surface area contributed by atoms with Gasteiger partial charge in [-0.2, -0.15) is 0 Å². The Kier molecular flexibility index (Phi) is 6.49. The van der Waals surface area contributed by atoms with E-state index in [1.165, 1.54) is 5.56 Å². The SMILES string of the molecule is CC(=O)c1cccc(NCCC(=O)N(C)CCc2ccncc2)c1. The molecule has 0 radical (unpaired) electrons. The van der Waals surface area contributed by atoms with Gasteiger partial charge in [-0.25, -0.2) is 0 Å². The molecule has 2 aromatic rings. The quantitative estimate of drug-likeness (QED) is 0.758. The zero-order chi connectivity index (χ0) is 17.4. The normalized spacial score (nSPS) is 10.2. The number of aromatic nitrogens is 1. The number of benzene rings is 1. The minimum absolute atomic E-state index is 0.0329. The van der Waals surface area contributed by atoms with Gasteiger partial charge < -0.3 is 10.2 Å². The summed E-state index contributed by atoms with van der Waals surface area (Å²) in [5.74, 6) is 0.129. The maximum absolute atomic E-state index is 12.1. The molecule has 1 aromatic heterocycles. The van der Waals surface area contributed by atoms with Gasteiger partial charge in [0.05, 0.1) is 0 Å². The molecule has 0 aliphatic heterocycles. The molecule has 0 saturated carbocycles. The summed E-state index contributed by atoms with van der Waals surface area (Å²) < 4.78 is 0. The molecule has 0 fully saturated rings. The van der Waals surface area contributed by atoms with Crippen molar-refractivity contribution in [2.75, 3.05) is 25.5 Å². The average molecular weight is 325 g/mol. The Morgan fingerprint density at radius 3 is 2.62 bits per heavy atom. The van der Waals surface area contributed by atoms with Crippen molar-refractivity contribution in [3.05, 3.63) is 59.9 Å². The standard InChI is InChI=1S/C19H23N3O2/c1-15(23)17-4-3-5-18(14-17)21-12-8-19(24)22(2)13-9-16-6-10-20-11-7-16/h3-7,10-11,14,21H,8-9,12-13H2,1-2H3. The molecule has 5 nitrogen and oxygen atoms in total. The number of nitrogens with zero attached hydrogens (tertiary/aromatic N) is 2. The van der Waals surface area contributed by atoms with Crippen molar-refractivity contribution in [2.45, 2.75) is 19.8 Å². The molecule has 0 saturated heterocycles. The maximum atomic E-state index is 12.1. The number of likely N-dealkylation sites (N-methyl/N-ethyl adjacent to an activating group) is 1. The first kappa shape index (κ1) is 17.7. The Morgan fingerprint density at radius 2 is 1.92 bits per heavy atom. The smallest absolute Gasteiger partial charge is 0.224 e. The van der Waals surface area contributed by atoms with Crippen LogP contribution in [0.25, 0.3) is 0 Å². The number of ketones is 1. The lowest BCUT2D eigenvalue weighted by atomic mass is 10.1. The summed E-state index contributed by atoms with van der Waals surface area (Å²) in [6.07, 6.45) is 4.75. The van der Waals surface area contributed by atoms with Crippen LogP contribution in [0, 0.1) is 0 Å². The van der Waals surface area contributed by atoms with E-state index in [0.717, 1.165) is 12.1 Å². The van der Waals surface area contributed by atoms with Crippen LogP contribution in [0.15, 0.2) is 48.8 Å². The number of hydrogen-bond donors (Lipinski definition) is 1. The lowest BCUT2D eigenvalue weighted by Crippen LogP contribution is -2.30. The molecule has 5 heteroatoms. The highest BCUT2D eigenvalue weighted by Crippen LogP contribution is 2.11. The first-order valence-corrected chi connectivity index (χ1v) is 8.04. The van der Waals surface area contributed by atoms with E-state index in [4.69, 9.17) is 0 Å². The van der Waals surface area contributed by atoms with E-state index in [1.54, 1.807) is 36.4 Å². The maximum Gasteiger partial charge on any atom is 0.224 e. The van der Waals surface area contributed by atoms with Crippen LogP contribution in [0.3, 0.4) is 0 Å². The number of amides is 1. The van der Waals surface area contributed by atoms with Crippen molar-refractivity contribution < 1.29 is 9.59 Å². The summed E-state index contributed by atoms with van der Waals surface area (Å²) in [4.78, 5) is 29.2. The third-order valence-corrected chi connectivity index (χ3v) is 3.85. The molecule has 0 spiro atoms. The minimum Gasteiger partial charge on any atom is -0.385 e. The summed E-state index contributed by atoms with van der Waals surface area (Å²) in [6, 6.07) is 11.2. The number of nitrogens with one attached hydrogen (secondary N) is 1. The molecule has 24 heavy (non-hydrogen) atoms. The van der Waals surface area contributed by atoms with Crippen molar-refractivity contribution in [2.24, 2.45) is 0 Å². The highest BCUT2D eigenvalue weighted by molar-refractivity contribution is 5.94. The van der Waals surface area contributed by atoms with Crippen LogP contribution in [-0.2, 0) is 11.2 Å². The number of rotatable bonds is 8. The molecule has 0 aliphatic rings. The van der Waals surface area contributed by atoms with Crippen LogP contribution in [0.4, 0.5) is 5.69 Å². The summed E-state index contributed by atoms with van der Waals surface area (Å²) >= 11 is 0. The molecule has 0 atom stereocenters. The predicted octanol–water partition coefficient (Wildman–Crippen LogP) is 2.79. The van der Waals surface area contributed by atoms with E-state index in [9.17, 15) is 9.59 Å². The number of pyridine rings is 1. The van der Waals surface area contributed by atoms with E-state index in [-0.39, 0.29) is 11.7 Å². The summed E-state index contributed by atoms with van der Waals surface area (Å²) in [7, 11) is 1.82. The van der Waals surface area contributed by atoms with Gasteiger partial charge in [0.2, 0.25) is 5.91 Å². The van der Waals surface area contributed by atoms with Crippen LogP contribution in [-0.4, -0.2) is 41.7 Å². The second-order valence-corrected chi connectivity index (χ2v) is 5.73. The van der Waals surface area contributed by atoms with Crippen molar-refractivity contribution in [1.82, 2.24) is 9.88 Å². The van der Waals surface area contributed by atoms with Gasteiger partial charge in [0.15, 0.2) is 5.78 Å². The van der Waals surface area contributed by atoms with E-state index in [2.05, 4.69) is 10.3 Å². The molecule has 1 heterocycles. The van der Waals surface area contributed by atoms with Crippen molar-refractivity contribution >= 4 is 17.4 Å². The summed E-state index contributed by atoms with van der Waals surface area (Å²) in [5, 5.41) is 3.19. The van der Waals surface area contributed by atoms with Crippen molar-refractivity contribution in [1.29, 1.82) is 0 Å². The molecule has 1 amide bonds. The van der Waals surface area contributed by atoms with Gasteiger partial charge in [-0.05, 0) is 43.2 Å². The van der Waals surface area contributed by atoms with Crippen LogP contribution >= 0.6 is 0 Å². The first-order valence-electron chi connectivity index (χ1n) is 8.04. The number of carbonyl (C=O) groups excluding carboxylic acids is 2. The first-order chi connectivity index (χ1) is 11.6. The Labute approximate surface area is 142 Å². The Bertz CT molecular complexity index is 686. The lowest BCUT2D eigenvalue weighted by molar-refractivity contribution is -0.129. The topological polar surface area (TPSA) is 62.3 Å². The van der Waals surface area contributed by atoms with E-state index in [1.807, 2.05) is 31.3 Å². The van der Waals surface area contributed by atoms with Gasteiger partial charge in [0.25, 0.3) is 0 Å². The number of hydrogen-bond acceptors (Lipinski definition) is 4. The fourth-order valence-corrected chi connectivity index (χ4v) is 2.32. The average Bonchev–Trinajstić information content (AvgIpc) is 2.60. The van der Waals surface area contributed by atoms with Gasteiger partial charge in [-0.1, -0.05) is 12.1 Å². The fraction of sp³-hybridized carbons (Fsp3) is 0.316. The van der Waals surface area contributed by atoms with Crippen LogP contribution in [0.2, 0.25) is 0 Å². The molecule has 0 bridgehead atoms. The van der Waals surface area contributed by atoms with Gasteiger partial charge in [-0.3, -0.25) is 14.6 Å². The Balaban J connectivity index is 1.74. The molecule has 126 valence electrons. The fourth-order valence-electron chi connectivity index (χ4n) is 2.32. The predicted molar refractivity (Wildman–Crippen MR) is 95.1 cm³/mol. The van der Waals surface area contributed by atoms with Crippen LogP contribution in [0.1, 0.15) is 29.3 Å². The Hall–Kier alpha value is -2.69. The Morgan fingerprint density at radius 1 is 1.17 bits per heavy atom. The molecular formula is C19H23N3O2. The largest absolute Gasteiger partial charge is 0.385 e. The van der Waals surface area contributed by atoms with Gasteiger partial charge >= 0.3 is 0 Å². The zero-order valence-corrected chi connectivity index (χ0v) is 14.2. The third-order valence-electron chi connectivity index (χ3n) is 3.85. The molecule has 2 rings (SSSR count). The monoisotopic (exact) mass is 325 g/mol. The molecule has 0 aliphatic carbocycles. The van der Waals surface area contributed by atoms with Crippen LogP contribution in [0.5, 0.6) is 0 Å². The number of carbonyl (C=O) groups is 2. The lowest BCUT2D eigenvalue weighted by Gasteiger charge is -2.17. The molecule has 1 aromatic carbocycles. The van der Waals surface area contributed by atoms with Gasteiger partial charge in [0.1, 0.15) is 0 Å². The third kappa shape index (κ3) is 5.50. The zero-order valence-electron chi connectivity index (χ0n) is 14.2. The summed E-state index contributed by atoms with van der Waals surface area (Å²) in [5.41, 5.74) is 2.69. The van der Waals surface area contributed by atoms with E-state index < -0.39 is 0 Å². The van der Waals surface area contributed by atoms with Crippen LogP contribution < -0.4 is 5.32 Å². The van der Waals surface area contributed by atoms with Crippen molar-refractivity contribution in [3.8, 4) is 0 Å². The number of Topliss-reactive ketones (excluding diaryl/α,β-unsaturated/α-hetero) is 1. The highest BCUT2D eigenvalue weighted by Gasteiger charge is 2.08. The molecule has 1 N–H and O–H groups in total. The van der Waals surface area contributed by atoms with Crippen molar-refractivity contribution in [3.63, 3.8) is 0 Å². The highest BCUT2D eigenvalue weighted by atomic mass is 16.2. The second-order valence-electron chi connectivity index (χ2n) is 5.73. The van der Waals surface area contributed by atoms with Gasteiger partial charge in [-0.15, -0.1) is 0 Å². The summed E-state index contributed by atoms with van der Waals surface area (Å²) in [6.45, 7) is 2.77. The van der Waals surface area contributed by atoms with Gasteiger partial charge in [0, 0.05) is 50.2 Å². The van der Waals surface area contributed by atoms with E-state index in [0.29, 0.717) is 25.1 Å².